The normalized spacial score (nSPS) is 16.3. The molecule has 128 valence electrons. The quantitative estimate of drug-likeness (QED) is 0.370. The minimum absolute atomic E-state index is 0.185. The van der Waals surface area contributed by atoms with Gasteiger partial charge in [0.15, 0.2) is 6.29 Å². The lowest BCUT2D eigenvalue weighted by Gasteiger charge is -2.11. The number of allylic oxidation sites excluding steroid dienone is 1. The van der Waals surface area contributed by atoms with Gasteiger partial charge in [-0.3, -0.25) is 9.59 Å². The molecule has 1 aliphatic heterocycles. The van der Waals surface area contributed by atoms with E-state index in [1.165, 1.54) is 18.2 Å². The van der Waals surface area contributed by atoms with Gasteiger partial charge in [0.1, 0.15) is 5.82 Å². The molecular weight excluding hydrogens is 327 g/mol. The van der Waals surface area contributed by atoms with E-state index in [4.69, 9.17) is 5.73 Å². The van der Waals surface area contributed by atoms with Crippen LogP contribution in [-0.4, -0.2) is 25.0 Å². The van der Waals surface area contributed by atoms with Gasteiger partial charge in [0.25, 0.3) is 5.91 Å². The third-order valence-electron chi connectivity index (χ3n) is 3.79. The largest absolute Gasteiger partial charge is 0.385 e. The molecular formula is C18H21FN2O2S. The standard InChI is InChI=1S/C14H15FN2O2.C4H6S/c1-17-13-9(6-10(7-18)14(16)19)4-5-11(12(13)15)8-2-3-8;1-2-4-5-3-1/h4-8,17H,2-3H2,1H3,(H2,16,19);1,3H,2,4H2/b10-6+;. The average molecular weight is 348 g/mol. The van der Waals surface area contributed by atoms with Gasteiger partial charge in [-0.1, -0.05) is 18.2 Å². The number of primary amides is 1. The Labute approximate surface area is 145 Å². The summed E-state index contributed by atoms with van der Waals surface area (Å²) >= 11 is 1.89. The monoisotopic (exact) mass is 348 g/mol. The first-order chi connectivity index (χ1) is 11.6. The van der Waals surface area contributed by atoms with E-state index < -0.39 is 5.91 Å². The Balaban J connectivity index is 0.000000355. The summed E-state index contributed by atoms with van der Waals surface area (Å²) in [6.07, 6.45) is 7.14. The predicted octanol–water partition coefficient (Wildman–Crippen LogP) is 3.45. The molecule has 4 nitrogen and oxygen atoms in total. The first kappa shape index (κ1) is 18.3. The maximum atomic E-state index is 14.3. The second kappa shape index (κ2) is 8.68. The van der Waals surface area contributed by atoms with Gasteiger partial charge in [0, 0.05) is 18.4 Å². The van der Waals surface area contributed by atoms with Crippen molar-refractivity contribution in [1.29, 1.82) is 0 Å². The van der Waals surface area contributed by atoms with Crippen LogP contribution in [0.15, 0.2) is 29.2 Å². The molecule has 1 saturated carbocycles. The van der Waals surface area contributed by atoms with Crippen LogP contribution in [0.2, 0.25) is 0 Å². The van der Waals surface area contributed by atoms with Crippen LogP contribution >= 0.6 is 11.8 Å². The van der Waals surface area contributed by atoms with Gasteiger partial charge in [0.05, 0.1) is 11.3 Å². The Hall–Kier alpha value is -2.08. The third-order valence-corrected chi connectivity index (χ3v) is 4.64. The summed E-state index contributed by atoms with van der Waals surface area (Å²) in [6.45, 7) is 0. The van der Waals surface area contributed by atoms with Crippen molar-refractivity contribution in [3.8, 4) is 0 Å². The number of carbonyl (C=O) groups excluding carboxylic acids is 2. The molecule has 0 bridgehead atoms. The molecule has 1 fully saturated rings. The summed E-state index contributed by atoms with van der Waals surface area (Å²) < 4.78 is 14.3. The molecule has 6 heteroatoms. The van der Waals surface area contributed by atoms with E-state index in [0.717, 1.165) is 12.8 Å². The zero-order valence-electron chi connectivity index (χ0n) is 13.5. The van der Waals surface area contributed by atoms with Crippen molar-refractivity contribution in [2.45, 2.75) is 25.2 Å². The molecule has 1 amide bonds. The molecule has 24 heavy (non-hydrogen) atoms. The van der Waals surface area contributed by atoms with Crippen molar-refractivity contribution in [2.75, 3.05) is 18.1 Å². The molecule has 3 N–H and O–H groups in total. The SMILES string of the molecule is C1=CSCC1.CNc1c(/C=C(\C=O)C(N)=O)ccc(C2CC2)c1F. The molecule has 0 aromatic heterocycles. The number of rotatable bonds is 5. The number of anilines is 1. The average Bonchev–Trinajstić information content (AvgIpc) is 3.22. The van der Waals surface area contributed by atoms with Gasteiger partial charge in [-0.05, 0) is 42.2 Å². The van der Waals surface area contributed by atoms with E-state index >= 15 is 0 Å². The number of aldehydes is 1. The third kappa shape index (κ3) is 4.71. The van der Waals surface area contributed by atoms with Crippen molar-refractivity contribution in [3.63, 3.8) is 0 Å². The van der Waals surface area contributed by atoms with Crippen molar-refractivity contribution >= 4 is 35.7 Å². The Morgan fingerprint density at radius 3 is 2.58 bits per heavy atom. The van der Waals surface area contributed by atoms with Crippen LogP contribution in [0.5, 0.6) is 0 Å². The minimum atomic E-state index is -0.830. The molecule has 0 spiro atoms. The summed E-state index contributed by atoms with van der Waals surface area (Å²) in [6, 6.07) is 3.39. The molecule has 1 aromatic carbocycles. The first-order valence-electron chi connectivity index (χ1n) is 7.82. The maximum Gasteiger partial charge on any atom is 0.252 e. The molecule has 3 rings (SSSR count). The van der Waals surface area contributed by atoms with E-state index in [1.54, 1.807) is 19.2 Å². The number of halogens is 1. The second-order valence-corrected chi connectivity index (χ2v) is 6.58. The van der Waals surface area contributed by atoms with E-state index in [0.29, 0.717) is 17.4 Å². The van der Waals surface area contributed by atoms with Crippen LogP contribution < -0.4 is 11.1 Å². The highest BCUT2D eigenvalue weighted by Gasteiger charge is 2.28. The van der Waals surface area contributed by atoms with Crippen LogP contribution in [0.4, 0.5) is 10.1 Å². The lowest BCUT2D eigenvalue weighted by molar-refractivity contribution is -0.116. The molecule has 0 atom stereocenters. The van der Waals surface area contributed by atoms with E-state index in [-0.39, 0.29) is 23.0 Å². The van der Waals surface area contributed by atoms with Crippen molar-refractivity contribution in [3.05, 3.63) is 46.1 Å². The van der Waals surface area contributed by atoms with E-state index in [2.05, 4.69) is 16.8 Å². The molecule has 1 heterocycles. The number of nitrogens with two attached hydrogens (primary N) is 1. The number of nitrogens with one attached hydrogen (secondary N) is 1. The van der Waals surface area contributed by atoms with Crippen LogP contribution in [0, 0.1) is 5.82 Å². The molecule has 0 radical (unpaired) electrons. The zero-order chi connectivity index (χ0) is 17.5. The first-order valence-corrected chi connectivity index (χ1v) is 8.86. The molecule has 1 aliphatic carbocycles. The maximum absolute atomic E-state index is 14.3. The van der Waals surface area contributed by atoms with Crippen molar-refractivity contribution in [1.82, 2.24) is 0 Å². The van der Waals surface area contributed by atoms with Gasteiger partial charge < -0.3 is 11.1 Å². The van der Waals surface area contributed by atoms with E-state index in [9.17, 15) is 14.0 Å². The van der Waals surface area contributed by atoms with Crippen molar-refractivity contribution < 1.29 is 14.0 Å². The summed E-state index contributed by atoms with van der Waals surface area (Å²) in [5.41, 5.74) is 6.27. The van der Waals surface area contributed by atoms with Crippen LogP contribution in [0.25, 0.3) is 6.08 Å². The van der Waals surface area contributed by atoms with Gasteiger partial charge in [-0.2, -0.15) is 0 Å². The van der Waals surface area contributed by atoms with Crippen LogP contribution in [0.3, 0.4) is 0 Å². The second-order valence-electron chi connectivity index (χ2n) is 5.57. The number of carbonyl (C=O) groups is 2. The molecule has 2 aliphatic rings. The Bertz CT molecular complexity index is 676. The topological polar surface area (TPSA) is 72.2 Å². The Kier molecular flexibility index (Phi) is 6.61. The zero-order valence-corrected chi connectivity index (χ0v) is 14.4. The molecule has 1 aromatic rings. The fourth-order valence-electron chi connectivity index (χ4n) is 2.36. The lowest BCUT2D eigenvalue weighted by Crippen LogP contribution is -2.14. The number of thioether (sulfide) groups is 1. The summed E-state index contributed by atoms with van der Waals surface area (Å²) in [7, 11) is 1.59. The van der Waals surface area contributed by atoms with Gasteiger partial charge in [-0.25, -0.2) is 4.39 Å². The predicted molar refractivity (Wildman–Crippen MR) is 97.4 cm³/mol. The Morgan fingerprint density at radius 2 is 2.17 bits per heavy atom. The highest BCUT2D eigenvalue weighted by Crippen LogP contribution is 2.43. The summed E-state index contributed by atoms with van der Waals surface area (Å²) in [5.74, 6) is 0.434. The highest BCUT2D eigenvalue weighted by atomic mass is 32.2. The van der Waals surface area contributed by atoms with Crippen molar-refractivity contribution in [2.24, 2.45) is 5.73 Å². The molecule has 0 saturated heterocycles. The highest BCUT2D eigenvalue weighted by molar-refractivity contribution is 8.02. The fourth-order valence-corrected chi connectivity index (χ4v) is 3.04. The number of benzene rings is 1. The van der Waals surface area contributed by atoms with Gasteiger partial charge >= 0.3 is 0 Å². The van der Waals surface area contributed by atoms with Crippen LogP contribution in [-0.2, 0) is 9.59 Å². The minimum Gasteiger partial charge on any atom is -0.385 e. The summed E-state index contributed by atoms with van der Waals surface area (Å²) in [4.78, 5) is 21.8. The summed E-state index contributed by atoms with van der Waals surface area (Å²) in [5, 5.41) is 4.92. The lowest BCUT2D eigenvalue weighted by atomic mass is 10.0. The van der Waals surface area contributed by atoms with Crippen LogP contribution in [0.1, 0.15) is 36.3 Å². The number of hydrogen-bond acceptors (Lipinski definition) is 4. The smallest absolute Gasteiger partial charge is 0.252 e. The number of amides is 1. The Morgan fingerprint density at radius 1 is 1.42 bits per heavy atom. The van der Waals surface area contributed by atoms with Gasteiger partial charge in [0.2, 0.25) is 0 Å². The van der Waals surface area contributed by atoms with E-state index in [1.807, 2.05) is 11.8 Å². The molecule has 0 unspecified atom stereocenters. The fraction of sp³-hybridized carbons (Fsp3) is 0.333. The number of hydrogen-bond donors (Lipinski definition) is 2. The van der Waals surface area contributed by atoms with Gasteiger partial charge in [-0.15, -0.1) is 11.8 Å².